The first kappa shape index (κ1) is 21.8. The molecule has 2 aromatic rings. The zero-order chi connectivity index (χ0) is 21.9. The van der Waals surface area contributed by atoms with E-state index in [9.17, 15) is 18.0 Å². The third kappa shape index (κ3) is 5.18. The van der Waals surface area contributed by atoms with Crippen LogP contribution in [0, 0.1) is 6.92 Å². The number of aryl methyl sites for hydroxylation is 1. The lowest BCUT2D eigenvalue weighted by Crippen LogP contribution is -2.40. The van der Waals surface area contributed by atoms with Crippen molar-refractivity contribution in [3.63, 3.8) is 0 Å². The summed E-state index contributed by atoms with van der Waals surface area (Å²) in [5.74, 6) is 0.230. The van der Waals surface area contributed by atoms with Gasteiger partial charge in [-0.25, -0.2) is 8.42 Å². The molecule has 1 atom stereocenters. The molecule has 0 N–H and O–H groups in total. The number of anilines is 1. The normalized spacial score (nSPS) is 17.4. The van der Waals surface area contributed by atoms with Crippen LogP contribution < -0.4 is 9.64 Å². The van der Waals surface area contributed by atoms with Gasteiger partial charge >= 0.3 is 0 Å². The van der Waals surface area contributed by atoms with Crippen molar-refractivity contribution in [2.24, 2.45) is 0 Å². The second-order valence-corrected chi connectivity index (χ2v) is 9.80. The lowest BCUT2D eigenvalue weighted by molar-refractivity contribution is -0.133. The molecule has 1 aliphatic rings. The van der Waals surface area contributed by atoms with Crippen LogP contribution in [0.2, 0.25) is 0 Å². The molecule has 2 aromatic carbocycles. The first-order chi connectivity index (χ1) is 14.2. The number of benzene rings is 2. The van der Waals surface area contributed by atoms with Crippen molar-refractivity contribution in [1.29, 1.82) is 0 Å². The Labute approximate surface area is 177 Å². The zero-order valence-electron chi connectivity index (χ0n) is 17.4. The van der Waals surface area contributed by atoms with Crippen LogP contribution in [0.1, 0.15) is 22.3 Å². The fourth-order valence-electron chi connectivity index (χ4n) is 3.30. The van der Waals surface area contributed by atoms with E-state index in [-0.39, 0.29) is 36.0 Å². The summed E-state index contributed by atoms with van der Waals surface area (Å²) in [5.41, 5.74) is 2.39. The van der Waals surface area contributed by atoms with E-state index in [1.807, 2.05) is 19.1 Å². The molecular weight excluding hydrogens is 404 g/mol. The summed E-state index contributed by atoms with van der Waals surface area (Å²) < 4.78 is 28.7. The molecule has 0 aliphatic carbocycles. The number of hydrogen-bond acceptors (Lipinski definition) is 5. The molecule has 7 nitrogen and oxygen atoms in total. The maximum atomic E-state index is 12.6. The maximum absolute atomic E-state index is 12.6. The van der Waals surface area contributed by atoms with Gasteiger partial charge in [0.2, 0.25) is 0 Å². The summed E-state index contributed by atoms with van der Waals surface area (Å²) in [7, 11) is 0.253. The Morgan fingerprint density at radius 2 is 1.67 bits per heavy atom. The van der Waals surface area contributed by atoms with Gasteiger partial charge in [-0.2, -0.15) is 0 Å². The van der Waals surface area contributed by atoms with Gasteiger partial charge in [0, 0.05) is 31.4 Å². The Morgan fingerprint density at radius 1 is 1.03 bits per heavy atom. The number of hydrogen-bond donors (Lipinski definition) is 0. The summed E-state index contributed by atoms with van der Waals surface area (Å²) in [5, 5.41) is 0. The predicted octanol–water partition coefficient (Wildman–Crippen LogP) is 2.30. The molecule has 0 spiro atoms. The van der Waals surface area contributed by atoms with Crippen LogP contribution in [0.4, 0.5) is 5.69 Å². The Bertz CT molecular complexity index is 1020. The van der Waals surface area contributed by atoms with Crippen molar-refractivity contribution < 1.29 is 22.7 Å². The summed E-state index contributed by atoms with van der Waals surface area (Å²) in [4.78, 5) is 27.9. The molecule has 2 amide bonds. The standard InChI is InChI=1S/C22H26N2O5S/c1-16-4-6-17(7-5-16)22(26)24(3)18-8-10-20(11-9-18)29-14-21(25)23(2)19-12-13-30(27,28)15-19/h4-11,19H,12-15H2,1-3H3. The van der Waals surface area contributed by atoms with Gasteiger partial charge in [-0.3, -0.25) is 9.59 Å². The van der Waals surface area contributed by atoms with Crippen LogP contribution in [-0.4, -0.2) is 63.4 Å². The molecule has 0 bridgehead atoms. The van der Waals surface area contributed by atoms with Crippen LogP contribution >= 0.6 is 0 Å². The van der Waals surface area contributed by atoms with Crippen molar-refractivity contribution in [3.8, 4) is 5.75 Å². The topological polar surface area (TPSA) is 84.0 Å². The molecule has 0 aromatic heterocycles. The minimum Gasteiger partial charge on any atom is -0.484 e. The van der Waals surface area contributed by atoms with Crippen molar-refractivity contribution in [1.82, 2.24) is 4.90 Å². The summed E-state index contributed by atoms with van der Waals surface area (Å²) in [6.45, 7) is 1.79. The van der Waals surface area contributed by atoms with Gasteiger partial charge in [0.1, 0.15) is 5.75 Å². The molecule has 8 heteroatoms. The third-order valence-corrected chi connectivity index (χ3v) is 7.09. The highest BCUT2D eigenvalue weighted by Crippen LogP contribution is 2.21. The molecule has 3 rings (SSSR count). The summed E-state index contributed by atoms with van der Waals surface area (Å²) in [6.07, 6.45) is 0.459. The number of amides is 2. The Kier molecular flexibility index (Phi) is 6.45. The molecule has 30 heavy (non-hydrogen) atoms. The average molecular weight is 431 g/mol. The predicted molar refractivity (Wildman–Crippen MR) is 116 cm³/mol. The fourth-order valence-corrected chi connectivity index (χ4v) is 5.08. The first-order valence-electron chi connectivity index (χ1n) is 9.70. The molecule has 1 aliphatic heterocycles. The van der Waals surface area contributed by atoms with E-state index in [1.54, 1.807) is 55.4 Å². The lowest BCUT2D eigenvalue weighted by Gasteiger charge is -2.23. The number of carbonyl (C=O) groups is 2. The number of likely N-dealkylation sites (N-methyl/N-ethyl adjacent to an activating group) is 1. The van der Waals surface area contributed by atoms with Crippen LogP contribution in [0.3, 0.4) is 0 Å². The van der Waals surface area contributed by atoms with E-state index in [0.717, 1.165) is 5.56 Å². The van der Waals surface area contributed by atoms with Gasteiger partial charge in [-0.15, -0.1) is 0 Å². The van der Waals surface area contributed by atoms with Gasteiger partial charge in [-0.1, -0.05) is 17.7 Å². The second kappa shape index (κ2) is 8.87. The number of sulfone groups is 1. The van der Waals surface area contributed by atoms with Crippen molar-refractivity contribution in [3.05, 3.63) is 59.7 Å². The molecule has 1 fully saturated rings. The van der Waals surface area contributed by atoms with E-state index in [1.165, 1.54) is 4.90 Å². The van der Waals surface area contributed by atoms with Gasteiger partial charge in [0.25, 0.3) is 11.8 Å². The lowest BCUT2D eigenvalue weighted by atomic mass is 10.1. The molecule has 1 saturated heterocycles. The molecule has 1 unspecified atom stereocenters. The SMILES string of the molecule is Cc1ccc(C(=O)N(C)c2ccc(OCC(=O)N(C)C3CCS(=O)(=O)C3)cc2)cc1. The van der Waals surface area contributed by atoms with E-state index >= 15 is 0 Å². The highest BCUT2D eigenvalue weighted by Gasteiger charge is 2.32. The molecular formula is C22H26N2O5S. The fraction of sp³-hybridized carbons (Fsp3) is 0.364. The van der Waals surface area contributed by atoms with Gasteiger partial charge < -0.3 is 14.5 Å². The van der Waals surface area contributed by atoms with E-state index in [4.69, 9.17) is 4.74 Å². The van der Waals surface area contributed by atoms with Crippen LogP contribution in [-0.2, 0) is 14.6 Å². The molecule has 160 valence electrons. The van der Waals surface area contributed by atoms with Gasteiger partial charge in [-0.05, 0) is 49.7 Å². The Morgan fingerprint density at radius 3 is 2.23 bits per heavy atom. The van der Waals surface area contributed by atoms with Crippen molar-refractivity contribution in [2.45, 2.75) is 19.4 Å². The largest absolute Gasteiger partial charge is 0.484 e. The van der Waals surface area contributed by atoms with E-state index in [2.05, 4.69) is 0 Å². The van der Waals surface area contributed by atoms with Crippen LogP contribution in [0.25, 0.3) is 0 Å². The maximum Gasteiger partial charge on any atom is 0.260 e. The van der Waals surface area contributed by atoms with E-state index in [0.29, 0.717) is 23.4 Å². The van der Waals surface area contributed by atoms with Crippen LogP contribution in [0.5, 0.6) is 5.75 Å². The molecule has 1 heterocycles. The highest BCUT2D eigenvalue weighted by molar-refractivity contribution is 7.91. The van der Waals surface area contributed by atoms with Crippen molar-refractivity contribution in [2.75, 3.05) is 37.1 Å². The van der Waals surface area contributed by atoms with Crippen LogP contribution in [0.15, 0.2) is 48.5 Å². The monoisotopic (exact) mass is 430 g/mol. The van der Waals surface area contributed by atoms with Gasteiger partial charge in [0.05, 0.1) is 11.5 Å². The van der Waals surface area contributed by atoms with Gasteiger partial charge in [0.15, 0.2) is 16.4 Å². The average Bonchev–Trinajstić information content (AvgIpc) is 3.11. The summed E-state index contributed by atoms with van der Waals surface area (Å²) in [6, 6.07) is 14.0. The second-order valence-electron chi connectivity index (χ2n) is 7.57. The quantitative estimate of drug-likeness (QED) is 0.702. The number of carbonyl (C=O) groups excluding carboxylic acids is 2. The highest BCUT2D eigenvalue weighted by atomic mass is 32.2. The Hall–Kier alpha value is -2.87. The minimum absolute atomic E-state index is 0.00524. The third-order valence-electron chi connectivity index (χ3n) is 5.34. The van der Waals surface area contributed by atoms with Crippen molar-refractivity contribution >= 4 is 27.3 Å². The Balaban J connectivity index is 1.56. The number of ether oxygens (including phenoxy) is 1. The number of nitrogens with zero attached hydrogens (tertiary/aromatic N) is 2. The molecule has 0 radical (unpaired) electrons. The smallest absolute Gasteiger partial charge is 0.260 e. The minimum atomic E-state index is -3.05. The number of rotatable bonds is 6. The van der Waals surface area contributed by atoms with E-state index < -0.39 is 9.84 Å². The first-order valence-corrected chi connectivity index (χ1v) is 11.5. The molecule has 0 saturated carbocycles. The zero-order valence-corrected chi connectivity index (χ0v) is 18.2. The summed E-state index contributed by atoms with van der Waals surface area (Å²) >= 11 is 0.